The lowest BCUT2D eigenvalue weighted by atomic mass is 9.93. The minimum Gasteiger partial charge on any atom is -0.493 e. The Kier molecular flexibility index (Phi) is 5.09. The molecule has 4 heterocycles. The zero-order valence-corrected chi connectivity index (χ0v) is 17.2. The molecule has 0 aliphatic carbocycles. The Balaban J connectivity index is 1.40. The summed E-state index contributed by atoms with van der Waals surface area (Å²) in [6, 6.07) is 8.61. The molecule has 0 saturated heterocycles. The quantitative estimate of drug-likeness (QED) is 0.465. The van der Waals surface area contributed by atoms with Gasteiger partial charge in [0.15, 0.2) is 5.69 Å². The van der Waals surface area contributed by atoms with Gasteiger partial charge in [0.05, 0.1) is 18.6 Å². The number of benzene rings is 1. The Morgan fingerprint density at radius 2 is 2.03 bits per heavy atom. The van der Waals surface area contributed by atoms with Gasteiger partial charge in [-0.05, 0) is 36.2 Å². The molecule has 1 N–H and O–H groups in total. The van der Waals surface area contributed by atoms with E-state index in [1.165, 1.54) is 18.3 Å². The van der Waals surface area contributed by atoms with E-state index in [4.69, 9.17) is 16.3 Å². The molecule has 1 aromatic carbocycles. The third-order valence-electron chi connectivity index (χ3n) is 5.33. The van der Waals surface area contributed by atoms with E-state index in [2.05, 4.69) is 20.3 Å². The molecule has 7 nitrogen and oxygen atoms in total. The van der Waals surface area contributed by atoms with Crippen LogP contribution in [0.15, 0.2) is 49.1 Å². The maximum absolute atomic E-state index is 13.2. The third-order valence-corrected chi connectivity index (χ3v) is 5.57. The first kappa shape index (κ1) is 20.5. The van der Waals surface area contributed by atoms with Crippen LogP contribution >= 0.6 is 11.6 Å². The third kappa shape index (κ3) is 3.93. The van der Waals surface area contributed by atoms with Crippen LogP contribution in [-0.4, -0.2) is 36.6 Å². The Morgan fingerprint density at radius 3 is 2.88 bits per heavy atom. The summed E-state index contributed by atoms with van der Waals surface area (Å²) in [6.45, 7) is 1.27. The fraction of sp³-hybridized carbons (Fsp3) is 0.238. The molecule has 4 aromatic rings. The average molecular weight is 461 g/mol. The molecule has 0 bridgehead atoms. The number of H-pyrrole nitrogens is 1. The van der Waals surface area contributed by atoms with Crippen molar-refractivity contribution in [2.75, 3.05) is 6.61 Å². The minimum atomic E-state index is -4.59. The highest BCUT2D eigenvalue weighted by molar-refractivity contribution is 6.30. The fourth-order valence-corrected chi connectivity index (χ4v) is 3.98. The van der Waals surface area contributed by atoms with Crippen molar-refractivity contribution in [3.63, 3.8) is 0 Å². The molecule has 1 aliphatic rings. The molecule has 0 unspecified atom stereocenters. The number of nitrogens with one attached hydrogen (secondary N) is 1. The standard InChI is InChI=1S/C21H16ClF3N6O/c22-14-1-2-15-13(4-6-32-18(15)8-14)9-31-10-17(27-11-31)16-7-12(3-5-26-16)19-20(21(23,24)25)29-30-28-19/h1-3,5,7-8,10-11,13H,4,6,9H2,(H,28,29,30)/t13-/m0/s1. The number of fused-ring (bicyclic) bond motifs is 1. The van der Waals surface area contributed by atoms with Gasteiger partial charge in [-0.3, -0.25) is 10.1 Å². The van der Waals surface area contributed by atoms with Crippen LogP contribution in [0.3, 0.4) is 0 Å². The molecule has 11 heteroatoms. The summed E-state index contributed by atoms with van der Waals surface area (Å²) in [4.78, 5) is 8.66. The number of rotatable bonds is 4. The molecule has 0 spiro atoms. The van der Waals surface area contributed by atoms with Crippen molar-refractivity contribution < 1.29 is 17.9 Å². The van der Waals surface area contributed by atoms with Gasteiger partial charge in [-0.15, -0.1) is 5.10 Å². The van der Waals surface area contributed by atoms with Crippen LogP contribution in [-0.2, 0) is 12.7 Å². The van der Waals surface area contributed by atoms with Gasteiger partial charge in [-0.25, -0.2) is 4.98 Å². The van der Waals surface area contributed by atoms with Crippen molar-refractivity contribution >= 4 is 11.6 Å². The number of aromatic nitrogens is 6. The van der Waals surface area contributed by atoms with Crippen LogP contribution in [0.25, 0.3) is 22.6 Å². The number of pyridine rings is 1. The lowest BCUT2D eigenvalue weighted by molar-refractivity contribution is -0.140. The number of nitrogens with zero attached hydrogens (tertiary/aromatic N) is 5. The number of imidazole rings is 1. The molecule has 0 amide bonds. The van der Waals surface area contributed by atoms with Crippen molar-refractivity contribution in [1.29, 1.82) is 0 Å². The maximum atomic E-state index is 13.2. The second-order valence-corrected chi connectivity index (χ2v) is 7.87. The van der Waals surface area contributed by atoms with E-state index in [0.29, 0.717) is 29.6 Å². The average Bonchev–Trinajstić information content (AvgIpc) is 3.44. The van der Waals surface area contributed by atoms with Crippen LogP contribution in [0.4, 0.5) is 13.2 Å². The predicted molar refractivity (Wildman–Crippen MR) is 110 cm³/mol. The smallest absolute Gasteiger partial charge is 0.435 e. The van der Waals surface area contributed by atoms with Gasteiger partial charge in [0.2, 0.25) is 0 Å². The summed E-state index contributed by atoms with van der Waals surface area (Å²) in [5.74, 6) is 1.01. The van der Waals surface area contributed by atoms with Crippen molar-refractivity contribution in [3.05, 3.63) is 65.3 Å². The molecule has 0 saturated carbocycles. The molecule has 5 rings (SSSR count). The SMILES string of the molecule is FC(F)(F)c1[nH]nnc1-c1ccnc(-c2cn(C[C@@H]3CCOc4cc(Cl)ccc43)cn2)c1. The number of halogens is 4. The van der Waals surface area contributed by atoms with E-state index in [-0.39, 0.29) is 17.2 Å². The number of aromatic amines is 1. The summed E-state index contributed by atoms with van der Waals surface area (Å²) in [7, 11) is 0. The number of hydrogen-bond donors (Lipinski definition) is 1. The minimum absolute atomic E-state index is 0.224. The molecule has 1 aliphatic heterocycles. The first-order valence-corrected chi connectivity index (χ1v) is 10.2. The summed E-state index contributed by atoms with van der Waals surface area (Å²) in [5.41, 5.74) is 1.04. The van der Waals surface area contributed by atoms with Gasteiger partial charge in [-0.2, -0.15) is 13.2 Å². The van der Waals surface area contributed by atoms with Crippen molar-refractivity contribution in [2.45, 2.75) is 25.1 Å². The summed E-state index contributed by atoms with van der Waals surface area (Å²) in [6.07, 6.45) is 1.20. The van der Waals surface area contributed by atoms with E-state index >= 15 is 0 Å². The van der Waals surface area contributed by atoms with E-state index in [9.17, 15) is 13.2 Å². The predicted octanol–water partition coefficient (Wildman–Crippen LogP) is 4.97. The summed E-state index contributed by atoms with van der Waals surface area (Å²) >= 11 is 6.07. The Hall–Kier alpha value is -3.40. The summed E-state index contributed by atoms with van der Waals surface area (Å²) < 4.78 is 47.2. The number of ether oxygens (including phenoxy) is 1. The van der Waals surface area contributed by atoms with Crippen LogP contribution in [0.2, 0.25) is 5.02 Å². The second kappa shape index (κ2) is 7.94. The van der Waals surface area contributed by atoms with Crippen molar-refractivity contribution in [3.8, 4) is 28.4 Å². The van der Waals surface area contributed by atoms with Crippen molar-refractivity contribution in [1.82, 2.24) is 29.9 Å². The van der Waals surface area contributed by atoms with Gasteiger partial charge in [0.25, 0.3) is 0 Å². The summed E-state index contributed by atoms with van der Waals surface area (Å²) in [5, 5.41) is 9.45. The fourth-order valence-electron chi connectivity index (χ4n) is 3.82. The topological polar surface area (TPSA) is 81.5 Å². The monoisotopic (exact) mass is 460 g/mol. The van der Waals surface area contributed by atoms with Crippen LogP contribution < -0.4 is 4.74 Å². The van der Waals surface area contributed by atoms with Crippen LogP contribution in [0.5, 0.6) is 5.75 Å². The number of alkyl halides is 3. The lowest BCUT2D eigenvalue weighted by Gasteiger charge is -2.26. The Labute approximate surface area is 185 Å². The molecule has 1 atom stereocenters. The van der Waals surface area contributed by atoms with E-state index in [1.54, 1.807) is 6.33 Å². The van der Waals surface area contributed by atoms with E-state index < -0.39 is 11.9 Å². The number of hydrogen-bond acceptors (Lipinski definition) is 5. The van der Waals surface area contributed by atoms with Gasteiger partial charge < -0.3 is 9.30 Å². The highest BCUT2D eigenvalue weighted by Gasteiger charge is 2.37. The van der Waals surface area contributed by atoms with E-state index in [0.717, 1.165) is 17.7 Å². The first-order valence-electron chi connectivity index (χ1n) is 9.77. The molecule has 164 valence electrons. The largest absolute Gasteiger partial charge is 0.493 e. The van der Waals surface area contributed by atoms with Crippen LogP contribution in [0, 0.1) is 0 Å². The highest BCUT2D eigenvalue weighted by Crippen LogP contribution is 2.37. The lowest BCUT2D eigenvalue weighted by Crippen LogP contribution is -2.18. The van der Waals surface area contributed by atoms with Gasteiger partial charge >= 0.3 is 6.18 Å². The molecule has 32 heavy (non-hydrogen) atoms. The van der Waals surface area contributed by atoms with Gasteiger partial charge in [0.1, 0.15) is 17.1 Å². The molecule has 0 radical (unpaired) electrons. The molecular weight excluding hydrogens is 445 g/mol. The van der Waals surface area contributed by atoms with Crippen molar-refractivity contribution in [2.24, 2.45) is 0 Å². The zero-order valence-electron chi connectivity index (χ0n) is 16.5. The first-order chi connectivity index (χ1) is 15.4. The molecule has 0 fully saturated rings. The van der Waals surface area contributed by atoms with Crippen LogP contribution in [0.1, 0.15) is 23.6 Å². The Morgan fingerprint density at radius 1 is 1.16 bits per heavy atom. The molecule has 3 aromatic heterocycles. The zero-order chi connectivity index (χ0) is 22.3. The maximum Gasteiger partial charge on any atom is 0.435 e. The van der Waals surface area contributed by atoms with Gasteiger partial charge in [-0.1, -0.05) is 22.9 Å². The second-order valence-electron chi connectivity index (χ2n) is 7.43. The van der Waals surface area contributed by atoms with E-state index in [1.807, 2.05) is 34.1 Å². The Bertz CT molecular complexity index is 1270. The normalized spacial score (nSPS) is 15.9. The highest BCUT2D eigenvalue weighted by atomic mass is 35.5. The molecular formula is C21H16ClF3N6O. The van der Waals surface area contributed by atoms with Gasteiger partial charge in [0, 0.05) is 35.4 Å².